The van der Waals surface area contributed by atoms with Crippen LogP contribution in [0.2, 0.25) is 0 Å². The van der Waals surface area contributed by atoms with Gasteiger partial charge in [0.25, 0.3) is 5.91 Å². The van der Waals surface area contributed by atoms with E-state index in [1.807, 2.05) is 27.7 Å². The summed E-state index contributed by atoms with van der Waals surface area (Å²) in [5.74, 6) is 0.879. The summed E-state index contributed by atoms with van der Waals surface area (Å²) >= 11 is 5.59. The Morgan fingerprint density at radius 3 is 3.05 bits per heavy atom. The molecule has 1 amide bonds. The fraction of sp³-hybridized carbons (Fsp3) is 0.250. The topological polar surface area (TPSA) is 51.0 Å². The summed E-state index contributed by atoms with van der Waals surface area (Å²) in [6.07, 6.45) is 1.71. The molecular weight excluding hydrogens is 423 g/mol. The van der Waals surface area contributed by atoms with Crippen LogP contribution < -0.4 is 0 Å². The van der Waals surface area contributed by atoms with Crippen LogP contribution in [0, 0.1) is 3.57 Å². The van der Waals surface area contributed by atoms with Gasteiger partial charge in [0.15, 0.2) is 5.82 Å². The summed E-state index contributed by atoms with van der Waals surface area (Å²) in [6, 6.07) is 5.74. The summed E-state index contributed by atoms with van der Waals surface area (Å²) in [6.45, 7) is 1.95. The van der Waals surface area contributed by atoms with Gasteiger partial charge in [-0.2, -0.15) is 0 Å². The molecule has 0 fully saturated rings. The van der Waals surface area contributed by atoms with Crippen LogP contribution >= 0.6 is 38.5 Å². The molecule has 0 bridgehead atoms. The van der Waals surface area contributed by atoms with Gasteiger partial charge in [-0.1, -0.05) is 15.9 Å². The molecule has 2 aromatic rings. The molecular formula is C12H10BrIN4O. The van der Waals surface area contributed by atoms with Crippen LogP contribution in [0.25, 0.3) is 0 Å². The van der Waals surface area contributed by atoms with Gasteiger partial charge in [0.05, 0.1) is 12.1 Å². The van der Waals surface area contributed by atoms with Crippen LogP contribution in [0.4, 0.5) is 0 Å². The van der Waals surface area contributed by atoms with Crippen molar-refractivity contribution in [2.45, 2.75) is 13.1 Å². The van der Waals surface area contributed by atoms with E-state index in [1.165, 1.54) is 0 Å². The van der Waals surface area contributed by atoms with E-state index >= 15 is 0 Å². The van der Waals surface area contributed by atoms with E-state index in [9.17, 15) is 4.79 Å². The first-order chi connectivity index (χ1) is 9.15. The molecule has 0 N–H and O–H groups in total. The number of hydrogen-bond donors (Lipinski definition) is 0. The van der Waals surface area contributed by atoms with Crippen LogP contribution in [0.5, 0.6) is 0 Å². The Morgan fingerprint density at radius 2 is 2.21 bits per heavy atom. The molecule has 2 heterocycles. The van der Waals surface area contributed by atoms with Crippen LogP contribution in [0.3, 0.4) is 0 Å². The molecule has 0 radical (unpaired) electrons. The van der Waals surface area contributed by atoms with Crippen molar-refractivity contribution in [2.75, 3.05) is 6.54 Å². The Morgan fingerprint density at radius 1 is 1.37 bits per heavy atom. The largest absolute Gasteiger partial charge is 0.329 e. The van der Waals surface area contributed by atoms with Crippen LogP contribution in [-0.2, 0) is 13.1 Å². The van der Waals surface area contributed by atoms with Gasteiger partial charge in [0.1, 0.15) is 6.33 Å². The van der Waals surface area contributed by atoms with E-state index in [4.69, 9.17) is 0 Å². The van der Waals surface area contributed by atoms with Gasteiger partial charge < -0.3 is 9.47 Å². The van der Waals surface area contributed by atoms with Crippen LogP contribution in [0.15, 0.2) is 29.0 Å². The SMILES string of the molecule is O=C(c1cc(Br)ccc1I)N1CCn2cnnc2C1. The van der Waals surface area contributed by atoms with Crippen molar-refractivity contribution in [3.8, 4) is 0 Å². The molecule has 0 unspecified atom stereocenters. The lowest BCUT2D eigenvalue weighted by Crippen LogP contribution is -2.38. The zero-order valence-corrected chi connectivity index (χ0v) is 13.6. The van der Waals surface area contributed by atoms with Crippen molar-refractivity contribution >= 4 is 44.4 Å². The number of halogens is 2. The van der Waals surface area contributed by atoms with Gasteiger partial charge in [-0.3, -0.25) is 4.79 Å². The number of benzene rings is 1. The fourth-order valence-corrected chi connectivity index (χ4v) is 3.00. The van der Waals surface area contributed by atoms with E-state index in [2.05, 4.69) is 48.7 Å². The Labute approximate surface area is 132 Å². The van der Waals surface area contributed by atoms with Gasteiger partial charge in [-0.05, 0) is 40.8 Å². The molecule has 0 atom stereocenters. The van der Waals surface area contributed by atoms with Crippen molar-refractivity contribution in [1.29, 1.82) is 0 Å². The Bertz CT molecular complexity index is 642. The Balaban J connectivity index is 1.87. The minimum Gasteiger partial charge on any atom is -0.329 e. The molecule has 0 saturated carbocycles. The molecule has 3 rings (SSSR count). The standard InChI is InChI=1S/C12H10BrIN4O/c13-8-1-2-10(14)9(5-8)12(19)17-3-4-18-7-15-16-11(18)6-17/h1-2,5,7H,3-4,6H2. The molecule has 1 aromatic heterocycles. The highest BCUT2D eigenvalue weighted by Gasteiger charge is 2.24. The number of hydrogen-bond acceptors (Lipinski definition) is 3. The quantitative estimate of drug-likeness (QED) is 0.649. The van der Waals surface area contributed by atoms with Crippen molar-refractivity contribution in [3.05, 3.63) is 44.0 Å². The zero-order valence-electron chi connectivity index (χ0n) is 9.88. The van der Waals surface area contributed by atoms with Gasteiger partial charge in [-0.25, -0.2) is 0 Å². The van der Waals surface area contributed by atoms with Crippen molar-refractivity contribution in [1.82, 2.24) is 19.7 Å². The summed E-state index contributed by atoms with van der Waals surface area (Å²) in [5.41, 5.74) is 0.725. The molecule has 0 saturated heterocycles. The third kappa shape index (κ3) is 2.53. The van der Waals surface area contributed by atoms with E-state index in [0.29, 0.717) is 13.1 Å². The molecule has 7 heteroatoms. The van der Waals surface area contributed by atoms with E-state index in [0.717, 1.165) is 26.0 Å². The highest BCUT2D eigenvalue weighted by atomic mass is 127. The molecule has 1 aliphatic rings. The summed E-state index contributed by atoms with van der Waals surface area (Å²) < 4.78 is 3.85. The van der Waals surface area contributed by atoms with Crippen LogP contribution in [0.1, 0.15) is 16.2 Å². The number of carbonyl (C=O) groups excluding carboxylic acids is 1. The number of carbonyl (C=O) groups is 1. The highest BCUT2D eigenvalue weighted by molar-refractivity contribution is 14.1. The summed E-state index contributed by atoms with van der Waals surface area (Å²) in [5, 5.41) is 7.90. The number of nitrogens with zero attached hydrogens (tertiary/aromatic N) is 4. The second-order valence-electron chi connectivity index (χ2n) is 4.29. The minimum atomic E-state index is 0.0416. The lowest BCUT2D eigenvalue weighted by Gasteiger charge is -2.27. The first-order valence-electron chi connectivity index (χ1n) is 5.76. The first kappa shape index (κ1) is 13.0. The second-order valence-corrected chi connectivity index (χ2v) is 6.37. The molecule has 0 aliphatic carbocycles. The monoisotopic (exact) mass is 432 g/mol. The third-order valence-electron chi connectivity index (χ3n) is 3.08. The average Bonchev–Trinajstić information content (AvgIpc) is 2.88. The molecule has 0 spiro atoms. The maximum absolute atomic E-state index is 12.5. The third-order valence-corrected chi connectivity index (χ3v) is 4.52. The van der Waals surface area contributed by atoms with Gasteiger partial charge >= 0.3 is 0 Å². The van der Waals surface area contributed by atoms with Gasteiger partial charge in [0.2, 0.25) is 0 Å². The van der Waals surface area contributed by atoms with Crippen molar-refractivity contribution < 1.29 is 4.79 Å². The summed E-state index contributed by atoms with van der Waals surface area (Å²) in [4.78, 5) is 14.4. The maximum atomic E-state index is 12.5. The lowest BCUT2D eigenvalue weighted by molar-refractivity contribution is 0.0706. The smallest absolute Gasteiger partial charge is 0.255 e. The Hall–Kier alpha value is -0.960. The highest BCUT2D eigenvalue weighted by Crippen LogP contribution is 2.21. The zero-order chi connectivity index (χ0) is 13.4. The molecule has 1 aromatic carbocycles. The van der Waals surface area contributed by atoms with Gasteiger partial charge in [-0.15, -0.1) is 10.2 Å². The fourth-order valence-electron chi connectivity index (χ4n) is 2.07. The number of rotatable bonds is 1. The predicted octanol–water partition coefficient (Wildman–Crippen LogP) is 2.30. The van der Waals surface area contributed by atoms with Crippen molar-refractivity contribution in [2.24, 2.45) is 0 Å². The lowest BCUT2D eigenvalue weighted by atomic mass is 10.2. The van der Waals surface area contributed by atoms with Crippen LogP contribution in [-0.4, -0.2) is 32.1 Å². The molecule has 1 aliphatic heterocycles. The Kier molecular flexibility index (Phi) is 3.57. The van der Waals surface area contributed by atoms with Gasteiger partial charge in [0, 0.05) is 21.1 Å². The maximum Gasteiger partial charge on any atom is 0.255 e. The predicted molar refractivity (Wildman–Crippen MR) is 81.6 cm³/mol. The van der Waals surface area contributed by atoms with E-state index < -0.39 is 0 Å². The average molecular weight is 433 g/mol. The minimum absolute atomic E-state index is 0.0416. The number of fused-ring (bicyclic) bond motifs is 1. The summed E-state index contributed by atoms with van der Waals surface area (Å²) in [7, 11) is 0. The number of aromatic nitrogens is 3. The molecule has 19 heavy (non-hydrogen) atoms. The second kappa shape index (κ2) is 5.20. The van der Waals surface area contributed by atoms with E-state index in [1.54, 1.807) is 6.33 Å². The normalized spacial score (nSPS) is 14.3. The first-order valence-corrected chi connectivity index (χ1v) is 7.63. The van der Waals surface area contributed by atoms with Crippen molar-refractivity contribution in [3.63, 3.8) is 0 Å². The molecule has 5 nitrogen and oxygen atoms in total. The molecule has 98 valence electrons. The van der Waals surface area contributed by atoms with E-state index in [-0.39, 0.29) is 5.91 Å². The number of amides is 1.